The summed E-state index contributed by atoms with van der Waals surface area (Å²) in [6, 6.07) is 15.2. The lowest BCUT2D eigenvalue weighted by Crippen LogP contribution is -2.16. The van der Waals surface area contributed by atoms with Crippen molar-refractivity contribution in [2.24, 2.45) is 0 Å². The van der Waals surface area contributed by atoms with Crippen LogP contribution < -0.4 is 9.47 Å². The van der Waals surface area contributed by atoms with E-state index < -0.39 is 5.97 Å². The third kappa shape index (κ3) is 6.72. The van der Waals surface area contributed by atoms with Crippen LogP contribution in [0.5, 0.6) is 11.5 Å². The topological polar surface area (TPSA) is 68.7 Å². The lowest BCUT2D eigenvalue weighted by atomic mass is 10.0. The molecule has 6 heteroatoms. The van der Waals surface area contributed by atoms with Gasteiger partial charge in [0, 0.05) is 35.8 Å². The summed E-state index contributed by atoms with van der Waals surface area (Å²) in [5, 5.41) is 9.49. The number of hydrogen-bond acceptors (Lipinski definition) is 4. The summed E-state index contributed by atoms with van der Waals surface area (Å²) >= 11 is 6.19. The van der Waals surface area contributed by atoms with Crippen LogP contribution in [-0.2, 0) is 11.2 Å². The van der Waals surface area contributed by atoms with Crippen LogP contribution in [0, 0.1) is 6.92 Å². The monoisotopic (exact) mass is 439 g/mol. The van der Waals surface area contributed by atoms with Gasteiger partial charge in [-0.25, -0.2) is 0 Å². The lowest BCUT2D eigenvalue weighted by molar-refractivity contribution is -0.136. The highest BCUT2D eigenvalue weighted by Gasteiger charge is 2.12. The average molecular weight is 440 g/mol. The summed E-state index contributed by atoms with van der Waals surface area (Å²) in [6.45, 7) is 4.48. The Hall–Kier alpha value is -3.05. The first-order valence-electron chi connectivity index (χ1n) is 10.2. The molecule has 0 saturated heterocycles. The Morgan fingerprint density at radius 2 is 1.90 bits per heavy atom. The van der Waals surface area contributed by atoms with E-state index in [0.29, 0.717) is 24.5 Å². The van der Waals surface area contributed by atoms with Crippen molar-refractivity contribution in [1.29, 1.82) is 0 Å². The van der Waals surface area contributed by atoms with Crippen molar-refractivity contribution in [2.45, 2.75) is 39.2 Å². The zero-order valence-corrected chi connectivity index (χ0v) is 18.4. The second kappa shape index (κ2) is 10.8. The number of benzene rings is 2. The minimum Gasteiger partial charge on any atom is -0.493 e. The van der Waals surface area contributed by atoms with Crippen LogP contribution >= 0.6 is 11.6 Å². The second-order valence-corrected chi connectivity index (χ2v) is 7.86. The Bertz CT molecular complexity index is 1020. The molecule has 0 aliphatic rings. The number of nitrogens with zero attached hydrogens (tertiary/aromatic N) is 1. The highest BCUT2D eigenvalue weighted by atomic mass is 35.5. The van der Waals surface area contributed by atoms with Crippen molar-refractivity contribution in [3.8, 4) is 22.6 Å². The molecule has 1 atom stereocenters. The van der Waals surface area contributed by atoms with Crippen molar-refractivity contribution < 1.29 is 19.4 Å². The molecule has 3 rings (SSSR count). The number of aliphatic carboxylic acids is 1. The van der Waals surface area contributed by atoms with Crippen molar-refractivity contribution in [3.63, 3.8) is 0 Å². The fourth-order valence-electron chi connectivity index (χ4n) is 3.26. The minimum absolute atomic E-state index is 0.0577. The van der Waals surface area contributed by atoms with E-state index in [1.165, 1.54) is 0 Å². The number of pyridine rings is 1. The molecule has 1 unspecified atom stereocenters. The normalized spacial score (nSPS) is 11.7. The predicted octanol–water partition coefficient (Wildman–Crippen LogP) is 5.96. The van der Waals surface area contributed by atoms with Crippen LogP contribution in [0.25, 0.3) is 11.1 Å². The van der Waals surface area contributed by atoms with Gasteiger partial charge in [0.1, 0.15) is 11.5 Å². The summed E-state index contributed by atoms with van der Waals surface area (Å²) in [7, 11) is 0. The van der Waals surface area contributed by atoms with Gasteiger partial charge in [-0.15, -0.1) is 0 Å². The third-order valence-corrected chi connectivity index (χ3v) is 5.21. The van der Waals surface area contributed by atoms with E-state index in [1.54, 1.807) is 12.4 Å². The number of carboxylic acid groups (broad SMARTS) is 1. The van der Waals surface area contributed by atoms with E-state index in [2.05, 4.69) is 4.98 Å². The van der Waals surface area contributed by atoms with Gasteiger partial charge in [-0.05, 0) is 79.4 Å². The summed E-state index contributed by atoms with van der Waals surface area (Å²) in [5.41, 5.74) is 3.98. The highest BCUT2D eigenvalue weighted by Crippen LogP contribution is 2.33. The van der Waals surface area contributed by atoms with Gasteiger partial charge < -0.3 is 14.6 Å². The summed E-state index contributed by atoms with van der Waals surface area (Å²) in [5.74, 6) is 0.746. The van der Waals surface area contributed by atoms with Crippen LogP contribution in [0.1, 0.15) is 30.9 Å². The molecule has 0 radical (unpaired) electrons. The van der Waals surface area contributed by atoms with Crippen molar-refractivity contribution in [2.75, 3.05) is 6.61 Å². The standard InChI is InChI=1S/C25H26ClNO4/c1-17-15-22(6-3-19(17)4-8-25(28)29)30-14-11-18(2)31-24-7-5-21(26)16-23(24)20-9-12-27-13-10-20/h3,5-7,9-10,12-13,15-16,18H,4,8,11,14H2,1-2H3,(H,28,29). The molecular weight excluding hydrogens is 414 g/mol. The van der Waals surface area contributed by atoms with Gasteiger partial charge in [-0.1, -0.05) is 17.7 Å². The molecule has 162 valence electrons. The first-order valence-corrected chi connectivity index (χ1v) is 10.6. The van der Waals surface area contributed by atoms with E-state index >= 15 is 0 Å². The van der Waals surface area contributed by atoms with Gasteiger partial charge in [0.2, 0.25) is 0 Å². The first-order chi connectivity index (χ1) is 14.9. The fraction of sp³-hybridized carbons (Fsp3) is 0.280. The number of aromatic nitrogens is 1. The van der Waals surface area contributed by atoms with E-state index in [9.17, 15) is 4.79 Å². The summed E-state index contributed by atoms with van der Waals surface area (Å²) in [4.78, 5) is 14.8. The predicted molar refractivity (Wildman–Crippen MR) is 122 cm³/mol. The lowest BCUT2D eigenvalue weighted by Gasteiger charge is -2.18. The van der Waals surface area contributed by atoms with Gasteiger partial charge in [-0.3, -0.25) is 9.78 Å². The van der Waals surface area contributed by atoms with Crippen LogP contribution in [0.4, 0.5) is 0 Å². The number of hydrogen-bond donors (Lipinski definition) is 1. The first kappa shape index (κ1) is 22.6. The van der Waals surface area contributed by atoms with Gasteiger partial charge in [0.05, 0.1) is 12.7 Å². The Kier molecular flexibility index (Phi) is 7.90. The molecule has 2 aromatic carbocycles. The highest BCUT2D eigenvalue weighted by molar-refractivity contribution is 6.31. The number of carboxylic acids is 1. The molecule has 3 aromatic rings. The fourth-order valence-corrected chi connectivity index (χ4v) is 3.43. The quantitative estimate of drug-likeness (QED) is 0.421. The maximum atomic E-state index is 10.8. The minimum atomic E-state index is -0.790. The average Bonchev–Trinajstić information content (AvgIpc) is 2.75. The zero-order valence-electron chi connectivity index (χ0n) is 17.7. The third-order valence-electron chi connectivity index (χ3n) is 4.98. The SMILES string of the molecule is Cc1cc(OCCC(C)Oc2ccc(Cl)cc2-c2ccncc2)ccc1CCC(=O)O. The number of rotatable bonds is 10. The van der Waals surface area contributed by atoms with Gasteiger partial charge in [-0.2, -0.15) is 0 Å². The molecule has 0 spiro atoms. The molecule has 0 bridgehead atoms. The van der Waals surface area contributed by atoms with Crippen molar-refractivity contribution in [1.82, 2.24) is 4.98 Å². The zero-order chi connectivity index (χ0) is 22.2. The molecule has 1 aromatic heterocycles. The number of halogens is 1. The van der Waals surface area contributed by atoms with Gasteiger partial charge in [0.15, 0.2) is 0 Å². The molecule has 5 nitrogen and oxygen atoms in total. The smallest absolute Gasteiger partial charge is 0.303 e. The second-order valence-electron chi connectivity index (χ2n) is 7.42. The number of ether oxygens (including phenoxy) is 2. The summed E-state index contributed by atoms with van der Waals surface area (Å²) < 4.78 is 12.1. The largest absolute Gasteiger partial charge is 0.493 e. The van der Waals surface area contributed by atoms with E-state index in [1.807, 2.05) is 62.4 Å². The van der Waals surface area contributed by atoms with Gasteiger partial charge in [0.25, 0.3) is 0 Å². The van der Waals surface area contributed by atoms with Crippen molar-refractivity contribution in [3.05, 3.63) is 77.1 Å². The maximum Gasteiger partial charge on any atom is 0.303 e. The molecular formula is C25H26ClNO4. The van der Waals surface area contributed by atoms with E-state index in [4.69, 9.17) is 26.2 Å². The molecule has 1 heterocycles. The number of carbonyl (C=O) groups is 1. The number of aryl methyl sites for hydroxylation is 2. The molecule has 0 saturated carbocycles. The molecule has 31 heavy (non-hydrogen) atoms. The Morgan fingerprint density at radius 3 is 2.61 bits per heavy atom. The van der Waals surface area contributed by atoms with E-state index in [-0.39, 0.29) is 12.5 Å². The van der Waals surface area contributed by atoms with Crippen molar-refractivity contribution >= 4 is 17.6 Å². The Morgan fingerprint density at radius 1 is 1.13 bits per heavy atom. The molecule has 0 fully saturated rings. The molecule has 0 aliphatic heterocycles. The van der Waals surface area contributed by atoms with Crippen LogP contribution in [0.2, 0.25) is 5.02 Å². The molecule has 0 aliphatic carbocycles. The van der Waals surface area contributed by atoms with Crippen LogP contribution in [0.3, 0.4) is 0 Å². The van der Waals surface area contributed by atoms with Crippen LogP contribution in [-0.4, -0.2) is 28.8 Å². The Labute approximate surface area is 187 Å². The van der Waals surface area contributed by atoms with Gasteiger partial charge >= 0.3 is 5.97 Å². The molecule has 1 N–H and O–H groups in total. The Balaban J connectivity index is 1.56. The van der Waals surface area contributed by atoms with Crippen LogP contribution in [0.15, 0.2) is 60.9 Å². The van der Waals surface area contributed by atoms with E-state index in [0.717, 1.165) is 33.8 Å². The maximum absolute atomic E-state index is 10.8. The molecule has 0 amide bonds. The summed E-state index contributed by atoms with van der Waals surface area (Å²) in [6.07, 6.45) is 4.78.